The van der Waals surface area contributed by atoms with Crippen LogP contribution in [0.5, 0.6) is 0 Å². The predicted octanol–water partition coefficient (Wildman–Crippen LogP) is 1.04. The van der Waals surface area contributed by atoms with E-state index < -0.39 is 9.84 Å². The molecule has 0 amide bonds. The van der Waals surface area contributed by atoms with Crippen LogP contribution in [0.3, 0.4) is 0 Å². The summed E-state index contributed by atoms with van der Waals surface area (Å²) in [6.45, 7) is 6.99. The van der Waals surface area contributed by atoms with Gasteiger partial charge >= 0.3 is 0 Å². The molecule has 0 spiro atoms. The number of nitrogens with two attached hydrogens (primary N) is 1. The number of sulfone groups is 1. The summed E-state index contributed by atoms with van der Waals surface area (Å²) in [6.07, 6.45) is 0.793. The Morgan fingerprint density at radius 2 is 2.00 bits per heavy atom. The standard InChI is InChI=1S/C10H21NO2S/c1-10(2,3)9(6-11)8-4-5-14(12,13)7-8/h8-9H,4-7,11H2,1-3H3. The van der Waals surface area contributed by atoms with Gasteiger partial charge in [0.15, 0.2) is 9.84 Å². The summed E-state index contributed by atoms with van der Waals surface area (Å²) in [6, 6.07) is 0. The first kappa shape index (κ1) is 12.0. The fraction of sp³-hybridized carbons (Fsp3) is 1.00. The van der Waals surface area contributed by atoms with E-state index in [1.54, 1.807) is 0 Å². The molecule has 0 bridgehead atoms. The summed E-state index contributed by atoms with van der Waals surface area (Å²) < 4.78 is 22.7. The Morgan fingerprint density at radius 3 is 2.29 bits per heavy atom. The van der Waals surface area contributed by atoms with Crippen LogP contribution in [0.1, 0.15) is 27.2 Å². The molecule has 2 atom stereocenters. The number of hydrogen-bond acceptors (Lipinski definition) is 3. The van der Waals surface area contributed by atoms with Crippen molar-refractivity contribution in [2.45, 2.75) is 27.2 Å². The van der Waals surface area contributed by atoms with Crippen LogP contribution >= 0.6 is 0 Å². The van der Waals surface area contributed by atoms with Crippen LogP contribution in [0, 0.1) is 17.3 Å². The predicted molar refractivity (Wildman–Crippen MR) is 58.8 cm³/mol. The van der Waals surface area contributed by atoms with Gasteiger partial charge in [0.05, 0.1) is 11.5 Å². The molecule has 2 unspecified atom stereocenters. The molecule has 1 aliphatic heterocycles. The zero-order chi connectivity index (χ0) is 11.0. The average Bonchev–Trinajstić information content (AvgIpc) is 2.29. The van der Waals surface area contributed by atoms with Crippen LogP contribution in [0.2, 0.25) is 0 Å². The summed E-state index contributed by atoms with van der Waals surface area (Å²) in [7, 11) is -2.77. The van der Waals surface area contributed by atoms with Crippen molar-refractivity contribution in [3.63, 3.8) is 0 Å². The molecule has 2 N–H and O–H groups in total. The van der Waals surface area contributed by atoms with Gasteiger partial charge in [-0.2, -0.15) is 0 Å². The molecule has 1 rings (SSSR count). The molecule has 0 aromatic rings. The van der Waals surface area contributed by atoms with Gasteiger partial charge in [0, 0.05) is 0 Å². The van der Waals surface area contributed by atoms with Gasteiger partial charge in [-0.3, -0.25) is 0 Å². The maximum Gasteiger partial charge on any atom is 0.150 e. The molecule has 84 valence electrons. The fourth-order valence-electron chi connectivity index (χ4n) is 2.39. The van der Waals surface area contributed by atoms with Crippen LogP contribution in [-0.2, 0) is 9.84 Å². The Labute approximate surface area is 87.0 Å². The SMILES string of the molecule is CC(C)(C)C(CN)C1CCS(=O)(=O)C1. The average molecular weight is 219 g/mol. The van der Waals surface area contributed by atoms with Crippen LogP contribution in [0.4, 0.5) is 0 Å². The molecule has 0 radical (unpaired) electrons. The van der Waals surface area contributed by atoms with E-state index in [4.69, 9.17) is 5.73 Å². The molecule has 1 saturated heterocycles. The number of hydrogen-bond donors (Lipinski definition) is 1. The van der Waals surface area contributed by atoms with Crippen molar-refractivity contribution in [3.8, 4) is 0 Å². The second kappa shape index (κ2) is 3.81. The minimum absolute atomic E-state index is 0.110. The topological polar surface area (TPSA) is 60.2 Å². The zero-order valence-electron chi connectivity index (χ0n) is 9.29. The highest BCUT2D eigenvalue weighted by Gasteiger charge is 2.38. The minimum atomic E-state index is -2.77. The molecule has 3 nitrogen and oxygen atoms in total. The van der Waals surface area contributed by atoms with Gasteiger partial charge in [-0.15, -0.1) is 0 Å². The second-order valence-electron chi connectivity index (χ2n) is 5.37. The van der Waals surface area contributed by atoms with Crippen LogP contribution < -0.4 is 5.73 Å². The third-order valence-corrected chi connectivity index (χ3v) is 5.00. The Hall–Kier alpha value is -0.0900. The van der Waals surface area contributed by atoms with Crippen molar-refractivity contribution in [2.24, 2.45) is 23.0 Å². The second-order valence-corrected chi connectivity index (χ2v) is 7.60. The minimum Gasteiger partial charge on any atom is -0.330 e. The first-order chi connectivity index (χ1) is 6.26. The lowest BCUT2D eigenvalue weighted by Gasteiger charge is -2.33. The van der Waals surface area contributed by atoms with E-state index in [1.807, 2.05) is 0 Å². The fourth-order valence-corrected chi connectivity index (χ4v) is 4.27. The third-order valence-electron chi connectivity index (χ3n) is 3.20. The molecule has 1 fully saturated rings. The molecule has 1 heterocycles. The lowest BCUT2D eigenvalue weighted by Crippen LogP contribution is -2.35. The van der Waals surface area contributed by atoms with Crippen molar-refractivity contribution in [3.05, 3.63) is 0 Å². The van der Waals surface area contributed by atoms with Gasteiger partial charge in [-0.05, 0) is 30.2 Å². The maximum absolute atomic E-state index is 11.3. The summed E-state index contributed by atoms with van der Waals surface area (Å²) in [4.78, 5) is 0. The Balaban J connectivity index is 2.74. The third kappa shape index (κ3) is 2.70. The van der Waals surface area contributed by atoms with Crippen molar-refractivity contribution >= 4 is 9.84 Å². The van der Waals surface area contributed by atoms with Crippen molar-refractivity contribution in [2.75, 3.05) is 18.1 Å². The zero-order valence-corrected chi connectivity index (χ0v) is 10.1. The van der Waals surface area contributed by atoms with Gasteiger partial charge in [0.2, 0.25) is 0 Å². The lowest BCUT2D eigenvalue weighted by atomic mass is 9.73. The summed E-state index contributed by atoms with van der Waals surface area (Å²) >= 11 is 0. The van der Waals surface area contributed by atoms with Crippen molar-refractivity contribution in [1.29, 1.82) is 0 Å². The molecule has 0 aliphatic carbocycles. The van der Waals surface area contributed by atoms with E-state index in [1.165, 1.54) is 0 Å². The van der Waals surface area contributed by atoms with E-state index in [0.29, 0.717) is 24.0 Å². The molecule has 0 aromatic carbocycles. The van der Waals surface area contributed by atoms with Crippen molar-refractivity contribution in [1.82, 2.24) is 0 Å². The first-order valence-electron chi connectivity index (χ1n) is 5.17. The van der Waals surface area contributed by atoms with Crippen LogP contribution in [-0.4, -0.2) is 26.5 Å². The Bertz CT molecular complexity index is 290. The van der Waals surface area contributed by atoms with Gasteiger partial charge < -0.3 is 5.73 Å². The van der Waals surface area contributed by atoms with Crippen LogP contribution in [0.15, 0.2) is 0 Å². The van der Waals surface area contributed by atoms with Crippen molar-refractivity contribution < 1.29 is 8.42 Å². The van der Waals surface area contributed by atoms with E-state index in [2.05, 4.69) is 20.8 Å². The highest BCUT2D eigenvalue weighted by Crippen LogP contribution is 2.36. The quantitative estimate of drug-likeness (QED) is 0.755. The molecular weight excluding hydrogens is 198 g/mol. The molecule has 0 saturated carbocycles. The molecule has 1 aliphatic rings. The summed E-state index contributed by atoms with van der Waals surface area (Å²) in [5.41, 5.74) is 5.84. The Kier molecular flexibility index (Phi) is 3.26. The normalized spacial score (nSPS) is 29.0. The maximum atomic E-state index is 11.3. The molecular formula is C10H21NO2S. The molecule has 0 aromatic heterocycles. The Morgan fingerprint density at radius 1 is 1.43 bits per heavy atom. The van der Waals surface area contributed by atoms with E-state index in [9.17, 15) is 8.42 Å². The highest BCUT2D eigenvalue weighted by atomic mass is 32.2. The van der Waals surface area contributed by atoms with Crippen LogP contribution in [0.25, 0.3) is 0 Å². The lowest BCUT2D eigenvalue weighted by molar-refractivity contribution is 0.179. The van der Waals surface area contributed by atoms with E-state index in [-0.39, 0.29) is 11.3 Å². The summed E-state index contributed by atoms with van der Waals surface area (Å²) in [5, 5.41) is 0. The smallest absolute Gasteiger partial charge is 0.150 e. The number of rotatable bonds is 2. The van der Waals surface area contributed by atoms with Gasteiger partial charge in [-0.25, -0.2) is 8.42 Å². The van der Waals surface area contributed by atoms with E-state index in [0.717, 1.165) is 6.42 Å². The highest BCUT2D eigenvalue weighted by molar-refractivity contribution is 7.91. The van der Waals surface area contributed by atoms with Gasteiger partial charge in [-0.1, -0.05) is 20.8 Å². The first-order valence-corrected chi connectivity index (χ1v) is 6.99. The summed E-state index contributed by atoms with van der Waals surface area (Å²) in [5.74, 6) is 1.28. The van der Waals surface area contributed by atoms with Gasteiger partial charge in [0.25, 0.3) is 0 Å². The molecule has 14 heavy (non-hydrogen) atoms. The largest absolute Gasteiger partial charge is 0.330 e. The molecule has 4 heteroatoms. The van der Waals surface area contributed by atoms with Gasteiger partial charge in [0.1, 0.15) is 0 Å². The monoisotopic (exact) mass is 219 g/mol. The van der Waals surface area contributed by atoms with E-state index >= 15 is 0 Å².